The maximum atomic E-state index is 10.1. The zero-order chi connectivity index (χ0) is 13.0. The van der Waals surface area contributed by atoms with E-state index in [0.717, 1.165) is 16.5 Å². The number of unbranched alkanes of at least 4 members (excludes halogenated alkanes) is 1. The molecule has 2 rings (SSSR count). The molecule has 0 aromatic heterocycles. The zero-order valence-corrected chi connectivity index (χ0v) is 11.6. The van der Waals surface area contributed by atoms with E-state index in [1.807, 2.05) is 12.1 Å². The average molecular weight is 311 g/mol. The predicted molar refractivity (Wildman–Crippen MR) is 72.8 cm³/mol. The van der Waals surface area contributed by atoms with Crippen molar-refractivity contribution in [3.05, 3.63) is 22.2 Å². The van der Waals surface area contributed by atoms with Crippen molar-refractivity contribution in [2.75, 3.05) is 13.2 Å². The molecule has 1 atom stereocenters. The van der Waals surface area contributed by atoms with Crippen LogP contribution in [0.1, 0.15) is 30.9 Å². The largest absolute Gasteiger partial charge is 0.486 e. The smallest absolute Gasteiger partial charge is 0.175 e. The molecule has 0 aliphatic carbocycles. The van der Waals surface area contributed by atoms with Gasteiger partial charge in [-0.15, -0.1) is 12.3 Å². The molecule has 0 saturated heterocycles. The highest BCUT2D eigenvalue weighted by Crippen LogP contribution is 2.40. The van der Waals surface area contributed by atoms with Crippen molar-refractivity contribution >= 4 is 15.9 Å². The standard InChI is InChI=1S/C14H15BrO3/c1-2-3-4-5-12(16)10-8-11(15)14-13(9-10)17-6-7-18-14/h1,8-9,12,16H,3-7H2. The Morgan fingerprint density at radius 1 is 1.39 bits per heavy atom. The molecule has 1 N–H and O–H groups in total. The lowest BCUT2D eigenvalue weighted by molar-refractivity contribution is 0.157. The minimum atomic E-state index is -0.523. The summed E-state index contributed by atoms with van der Waals surface area (Å²) in [5, 5.41) is 10.1. The molecule has 4 heteroatoms. The highest BCUT2D eigenvalue weighted by Gasteiger charge is 2.18. The first-order valence-electron chi connectivity index (χ1n) is 5.93. The Labute approximate surface area is 115 Å². The van der Waals surface area contributed by atoms with Crippen molar-refractivity contribution in [3.63, 3.8) is 0 Å². The number of benzene rings is 1. The van der Waals surface area contributed by atoms with E-state index in [4.69, 9.17) is 15.9 Å². The summed E-state index contributed by atoms with van der Waals surface area (Å²) in [4.78, 5) is 0. The van der Waals surface area contributed by atoms with Gasteiger partial charge < -0.3 is 14.6 Å². The number of aliphatic hydroxyl groups is 1. The van der Waals surface area contributed by atoms with Crippen molar-refractivity contribution in [3.8, 4) is 23.8 Å². The third-order valence-electron chi connectivity index (χ3n) is 2.80. The van der Waals surface area contributed by atoms with Crippen LogP contribution in [0.25, 0.3) is 0 Å². The maximum Gasteiger partial charge on any atom is 0.175 e. The fourth-order valence-corrected chi connectivity index (χ4v) is 2.46. The Hall–Kier alpha value is -1.18. The van der Waals surface area contributed by atoms with Crippen LogP contribution in [0.3, 0.4) is 0 Å². The molecule has 1 aliphatic heterocycles. The molecule has 0 amide bonds. The van der Waals surface area contributed by atoms with E-state index < -0.39 is 6.10 Å². The van der Waals surface area contributed by atoms with Gasteiger partial charge in [-0.05, 0) is 46.5 Å². The van der Waals surface area contributed by atoms with Crippen LogP contribution in [0, 0.1) is 12.3 Å². The fourth-order valence-electron chi connectivity index (χ4n) is 1.89. The third kappa shape index (κ3) is 2.98. The first kappa shape index (κ1) is 13.3. The number of halogens is 1. The summed E-state index contributed by atoms with van der Waals surface area (Å²) in [5.41, 5.74) is 0.822. The van der Waals surface area contributed by atoms with E-state index in [1.165, 1.54) is 0 Å². The van der Waals surface area contributed by atoms with Crippen LogP contribution in [0.2, 0.25) is 0 Å². The summed E-state index contributed by atoms with van der Waals surface area (Å²) in [6.07, 6.45) is 6.81. The first-order chi connectivity index (χ1) is 8.72. The van der Waals surface area contributed by atoms with Crippen LogP contribution in [-0.4, -0.2) is 18.3 Å². The molecule has 1 unspecified atom stereocenters. The van der Waals surface area contributed by atoms with Crippen LogP contribution < -0.4 is 9.47 Å². The van der Waals surface area contributed by atoms with Crippen LogP contribution in [0.5, 0.6) is 11.5 Å². The summed E-state index contributed by atoms with van der Waals surface area (Å²) in [5.74, 6) is 3.96. The van der Waals surface area contributed by atoms with Gasteiger partial charge in [0, 0.05) is 6.42 Å². The van der Waals surface area contributed by atoms with Crippen molar-refractivity contribution in [1.29, 1.82) is 0 Å². The Bertz CT molecular complexity index is 465. The van der Waals surface area contributed by atoms with Crippen LogP contribution >= 0.6 is 15.9 Å². The van der Waals surface area contributed by atoms with Crippen molar-refractivity contribution in [2.24, 2.45) is 0 Å². The van der Waals surface area contributed by atoms with Gasteiger partial charge in [0.2, 0.25) is 0 Å². The van der Waals surface area contributed by atoms with Crippen LogP contribution in [-0.2, 0) is 0 Å². The molecule has 0 radical (unpaired) electrons. The van der Waals surface area contributed by atoms with Crippen LogP contribution in [0.4, 0.5) is 0 Å². The Kier molecular flexibility index (Phi) is 4.51. The van der Waals surface area contributed by atoms with Gasteiger partial charge in [-0.3, -0.25) is 0 Å². The zero-order valence-electron chi connectivity index (χ0n) is 9.99. The molecule has 18 heavy (non-hydrogen) atoms. The minimum absolute atomic E-state index is 0.523. The molecular weight excluding hydrogens is 296 g/mol. The number of hydrogen-bond donors (Lipinski definition) is 1. The monoisotopic (exact) mass is 310 g/mol. The van der Waals surface area contributed by atoms with E-state index in [9.17, 15) is 5.11 Å². The molecule has 1 aliphatic rings. The molecule has 3 nitrogen and oxygen atoms in total. The molecule has 0 bridgehead atoms. The number of fused-ring (bicyclic) bond motifs is 1. The Morgan fingerprint density at radius 2 is 2.17 bits per heavy atom. The second-order valence-corrected chi connectivity index (χ2v) is 4.99. The molecule has 1 aromatic rings. The lowest BCUT2D eigenvalue weighted by Gasteiger charge is -2.21. The van der Waals surface area contributed by atoms with E-state index in [0.29, 0.717) is 37.6 Å². The maximum absolute atomic E-state index is 10.1. The van der Waals surface area contributed by atoms with Crippen molar-refractivity contribution in [1.82, 2.24) is 0 Å². The SMILES string of the molecule is C#CCCCC(O)c1cc(Br)c2c(c1)OCCO2. The molecule has 1 heterocycles. The Morgan fingerprint density at radius 3 is 2.94 bits per heavy atom. The highest BCUT2D eigenvalue weighted by molar-refractivity contribution is 9.10. The lowest BCUT2D eigenvalue weighted by atomic mass is 10.0. The second kappa shape index (κ2) is 6.12. The van der Waals surface area contributed by atoms with Gasteiger partial charge in [0.25, 0.3) is 0 Å². The van der Waals surface area contributed by atoms with Gasteiger partial charge >= 0.3 is 0 Å². The van der Waals surface area contributed by atoms with E-state index in [-0.39, 0.29) is 0 Å². The quantitative estimate of drug-likeness (QED) is 0.686. The van der Waals surface area contributed by atoms with Gasteiger partial charge in [-0.2, -0.15) is 0 Å². The number of hydrogen-bond acceptors (Lipinski definition) is 3. The molecular formula is C14H15BrO3. The van der Waals surface area contributed by atoms with Crippen molar-refractivity contribution in [2.45, 2.75) is 25.4 Å². The summed E-state index contributed by atoms with van der Waals surface area (Å²) < 4.78 is 11.8. The third-order valence-corrected chi connectivity index (χ3v) is 3.39. The summed E-state index contributed by atoms with van der Waals surface area (Å²) in [7, 11) is 0. The van der Waals surface area contributed by atoms with Crippen LogP contribution in [0.15, 0.2) is 16.6 Å². The lowest BCUT2D eigenvalue weighted by Crippen LogP contribution is -2.16. The molecule has 0 fully saturated rings. The second-order valence-electron chi connectivity index (χ2n) is 4.14. The van der Waals surface area contributed by atoms with Crippen molar-refractivity contribution < 1.29 is 14.6 Å². The van der Waals surface area contributed by atoms with Gasteiger partial charge in [0.15, 0.2) is 11.5 Å². The van der Waals surface area contributed by atoms with Gasteiger partial charge in [0.1, 0.15) is 13.2 Å². The van der Waals surface area contributed by atoms with E-state index in [2.05, 4.69) is 21.9 Å². The highest BCUT2D eigenvalue weighted by atomic mass is 79.9. The van der Waals surface area contributed by atoms with Gasteiger partial charge in [-0.1, -0.05) is 0 Å². The number of rotatable bonds is 4. The minimum Gasteiger partial charge on any atom is -0.486 e. The molecule has 1 aromatic carbocycles. The summed E-state index contributed by atoms with van der Waals surface area (Å²) >= 11 is 3.43. The fraction of sp³-hybridized carbons (Fsp3) is 0.429. The molecule has 0 saturated carbocycles. The van der Waals surface area contributed by atoms with E-state index in [1.54, 1.807) is 0 Å². The summed E-state index contributed by atoms with van der Waals surface area (Å²) in [6, 6.07) is 3.70. The summed E-state index contributed by atoms with van der Waals surface area (Å²) in [6.45, 7) is 1.09. The van der Waals surface area contributed by atoms with Gasteiger partial charge in [-0.25, -0.2) is 0 Å². The Balaban J connectivity index is 2.14. The normalized spacial score (nSPS) is 14.9. The number of aliphatic hydroxyl groups excluding tert-OH is 1. The van der Waals surface area contributed by atoms with Gasteiger partial charge in [0.05, 0.1) is 10.6 Å². The number of ether oxygens (including phenoxy) is 2. The number of terminal acetylenes is 1. The average Bonchev–Trinajstić information content (AvgIpc) is 2.39. The molecule has 96 valence electrons. The predicted octanol–water partition coefficient (Wildman–Crippen LogP) is 3.06. The first-order valence-corrected chi connectivity index (χ1v) is 6.72. The van der Waals surface area contributed by atoms with E-state index >= 15 is 0 Å². The molecule has 0 spiro atoms. The topological polar surface area (TPSA) is 38.7 Å².